The first-order valence-electron chi connectivity index (χ1n) is 14.5. The molecular formula is C29H41ClN8O6. The Hall–Kier alpha value is -3.78. The van der Waals surface area contributed by atoms with Crippen molar-refractivity contribution in [1.29, 1.82) is 0 Å². The van der Waals surface area contributed by atoms with Crippen molar-refractivity contribution in [2.24, 2.45) is 5.92 Å². The molecule has 14 nitrogen and oxygen atoms in total. The summed E-state index contributed by atoms with van der Waals surface area (Å²) < 4.78 is 10.9. The molecule has 1 aliphatic carbocycles. The van der Waals surface area contributed by atoms with Crippen LogP contribution in [0.15, 0.2) is 0 Å². The molecule has 0 radical (unpaired) electrons. The van der Waals surface area contributed by atoms with Gasteiger partial charge in [0.05, 0.1) is 36.2 Å². The highest BCUT2D eigenvalue weighted by Crippen LogP contribution is 2.38. The summed E-state index contributed by atoms with van der Waals surface area (Å²) in [5, 5.41) is 18.9. The Balaban J connectivity index is 0.000000566. The summed E-state index contributed by atoms with van der Waals surface area (Å²) in [6.07, 6.45) is -1.20. The van der Waals surface area contributed by atoms with Crippen molar-refractivity contribution < 1.29 is 29.3 Å². The smallest absolute Gasteiger partial charge is 0.449 e. The highest BCUT2D eigenvalue weighted by Gasteiger charge is 2.32. The van der Waals surface area contributed by atoms with Crippen LogP contribution in [0.25, 0.3) is 22.6 Å². The average Bonchev–Trinajstić information content (AvgIpc) is 3.64. The first-order valence-corrected chi connectivity index (χ1v) is 14.9. The summed E-state index contributed by atoms with van der Waals surface area (Å²) in [6, 6.07) is 0.157. The molecule has 4 heterocycles. The summed E-state index contributed by atoms with van der Waals surface area (Å²) in [5.74, 6) is 2.64. The number of hydrogen-bond donors (Lipinski definition) is 3. The lowest BCUT2D eigenvalue weighted by Gasteiger charge is -2.34. The maximum atomic E-state index is 9.21. The van der Waals surface area contributed by atoms with E-state index in [0.29, 0.717) is 36.2 Å². The van der Waals surface area contributed by atoms with Crippen LogP contribution in [0.1, 0.15) is 72.7 Å². The van der Waals surface area contributed by atoms with Crippen molar-refractivity contribution in [1.82, 2.24) is 29.5 Å². The van der Waals surface area contributed by atoms with Gasteiger partial charge in [0.25, 0.3) is 0 Å². The molecule has 2 fully saturated rings. The monoisotopic (exact) mass is 632 g/mol. The van der Waals surface area contributed by atoms with Crippen molar-refractivity contribution in [2.75, 3.05) is 30.0 Å². The van der Waals surface area contributed by atoms with Crippen LogP contribution in [0.5, 0.6) is 0 Å². The average molecular weight is 633 g/mol. The minimum Gasteiger partial charge on any atom is -0.449 e. The van der Waals surface area contributed by atoms with E-state index in [1.54, 1.807) is 0 Å². The fourth-order valence-electron chi connectivity index (χ4n) is 4.88. The number of hydrogen-bond acceptors (Lipinski definition) is 11. The predicted molar refractivity (Wildman–Crippen MR) is 166 cm³/mol. The molecule has 3 N–H and O–H groups in total. The number of anilines is 2. The molecule has 1 saturated heterocycles. The molecule has 5 rings (SSSR count). The van der Waals surface area contributed by atoms with Crippen LogP contribution in [0, 0.1) is 12.8 Å². The van der Waals surface area contributed by atoms with Crippen LogP contribution in [0.2, 0.25) is 5.28 Å². The van der Waals surface area contributed by atoms with Gasteiger partial charge < -0.3 is 29.9 Å². The molecule has 1 aliphatic heterocycles. The SMILES string of the molecule is Cc1nc(NC(C)(C)C)nc(C(C)(C)C)c1-c1nc(N2CCOC[C@@H]2C)c2nc(Cl)n(CC3CC3)c2n1.O=C(O)OC(=O)O. The zero-order chi connectivity index (χ0) is 32.6. The lowest BCUT2D eigenvalue weighted by atomic mass is 9.87. The number of halogens is 1. The number of rotatable bonds is 5. The largest absolute Gasteiger partial charge is 0.516 e. The minimum atomic E-state index is -1.81. The summed E-state index contributed by atoms with van der Waals surface area (Å²) in [7, 11) is 0. The summed E-state index contributed by atoms with van der Waals surface area (Å²) >= 11 is 6.71. The van der Waals surface area contributed by atoms with Gasteiger partial charge in [0, 0.05) is 24.0 Å². The van der Waals surface area contributed by atoms with Gasteiger partial charge in [0.15, 0.2) is 22.8 Å². The second kappa shape index (κ2) is 12.7. The van der Waals surface area contributed by atoms with Crippen molar-refractivity contribution in [3.8, 4) is 11.4 Å². The highest BCUT2D eigenvalue weighted by atomic mass is 35.5. The molecule has 240 valence electrons. The zero-order valence-corrected chi connectivity index (χ0v) is 27.2. The molecule has 0 amide bonds. The number of aromatic nitrogens is 6. The van der Waals surface area contributed by atoms with E-state index in [1.165, 1.54) is 12.8 Å². The van der Waals surface area contributed by atoms with Crippen LogP contribution in [-0.2, 0) is 21.4 Å². The lowest BCUT2D eigenvalue weighted by Crippen LogP contribution is -2.44. The molecule has 3 aromatic rings. The Labute approximate surface area is 261 Å². The number of carbonyl (C=O) groups is 2. The summed E-state index contributed by atoms with van der Waals surface area (Å²) in [6.45, 7) is 19.8. The normalized spacial score (nSPS) is 17.2. The van der Waals surface area contributed by atoms with Crippen molar-refractivity contribution in [3.05, 3.63) is 16.7 Å². The lowest BCUT2D eigenvalue weighted by molar-refractivity contribution is 0.0801. The minimum absolute atomic E-state index is 0.157. The first kappa shape index (κ1) is 33.1. The first-order chi connectivity index (χ1) is 20.4. The van der Waals surface area contributed by atoms with E-state index in [2.05, 4.69) is 68.0 Å². The molecule has 0 bridgehead atoms. The van der Waals surface area contributed by atoms with Crippen molar-refractivity contribution in [3.63, 3.8) is 0 Å². The maximum Gasteiger partial charge on any atom is 0.516 e. The van der Waals surface area contributed by atoms with Crippen molar-refractivity contribution in [2.45, 2.75) is 91.8 Å². The fraction of sp³-hybridized carbons (Fsp3) is 0.621. The van der Waals surface area contributed by atoms with E-state index in [9.17, 15) is 9.59 Å². The van der Waals surface area contributed by atoms with E-state index < -0.39 is 12.3 Å². The number of nitrogens with zero attached hydrogens (tertiary/aromatic N) is 7. The molecule has 0 spiro atoms. The van der Waals surface area contributed by atoms with E-state index in [-0.39, 0.29) is 17.0 Å². The van der Waals surface area contributed by atoms with Gasteiger partial charge in [-0.25, -0.2) is 34.5 Å². The van der Waals surface area contributed by atoms with Gasteiger partial charge in [0.2, 0.25) is 11.2 Å². The second-order valence-corrected chi connectivity index (χ2v) is 13.5. The van der Waals surface area contributed by atoms with Gasteiger partial charge in [0.1, 0.15) is 0 Å². The standard InChI is InChI=1S/C27H39ClN8O.C2H2O5/c1-15-14-37-12-11-35(15)22-19-23(36(24(28)30-19)13-17-9-10-17)33-21(32-22)18-16(2)29-25(34-27(6,7)8)31-20(18)26(3,4)5;3-1(4)7-2(5)6/h15,17H,9-14H2,1-8H3,(H,29,31,34);(H,3,4)(H,5,6)/t15-;/m0./s1. The molecule has 1 saturated carbocycles. The Morgan fingerprint density at radius 3 is 2.23 bits per heavy atom. The van der Waals surface area contributed by atoms with Gasteiger partial charge >= 0.3 is 12.3 Å². The maximum absolute atomic E-state index is 9.21. The Bertz CT molecular complexity index is 1530. The van der Waals surface area contributed by atoms with Gasteiger partial charge in [-0.15, -0.1) is 0 Å². The number of fused-ring (bicyclic) bond motifs is 1. The number of ether oxygens (including phenoxy) is 2. The van der Waals surface area contributed by atoms with Gasteiger partial charge in [-0.1, -0.05) is 20.8 Å². The van der Waals surface area contributed by atoms with Crippen LogP contribution in [0.4, 0.5) is 21.4 Å². The van der Waals surface area contributed by atoms with Crippen LogP contribution < -0.4 is 10.2 Å². The van der Waals surface area contributed by atoms with Crippen LogP contribution >= 0.6 is 11.6 Å². The molecule has 3 aromatic heterocycles. The number of carboxylic acid groups (broad SMARTS) is 2. The van der Waals surface area contributed by atoms with E-state index >= 15 is 0 Å². The molecule has 0 aromatic carbocycles. The Kier molecular flexibility index (Phi) is 9.54. The third-order valence-electron chi connectivity index (χ3n) is 6.99. The molecule has 44 heavy (non-hydrogen) atoms. The molecule has 2 aliphatic rings. The summed E-state index contributed by atoms with van der Waals surface area (Å²) in [5.41, 5.74) is 3.71. The third kappa shape index (κ3) is 8.03. The quantitative estimate of drug-likeness (QED) is 0.176. The number of morpholine rings is 1. The van der Waals surface area contributed by atoms with Gasteiger partial charge in [-0.05, 0) is 65.0 Å². The van der Waals surface area contributed by atoms with Gasteiger partial charge in [-0.2, -0.15) is 0 Å². The molecule has 15 heteroatoms. The topological polar surface area (TPSA) is 178 Å². The number of aryl methyl sites for hydroxylation is 1. The fourth-order valence-corrected chi connectivity index (χ4v) is 5.12. The van der Waals surface area contributed by atoms with E-state index in [1.807, 2.05) is 6.92 Å². The zero-order valence-electron chi connectivity index (χ0n) is 26.4. The Morgan fingerprint density at radius 1 is 1.05 bits per heavy atom. The number of nitrogens with one attached hydrogen (secondary N) is 1. The van der Waals surface area contributed by atoms with Crippen LogP contribution in [-0.4, -0.2) is 83.4 Å². The number of imidazole rings is 1. The molecule has 1 atom stereocenters. The van der Waals surface area contributed by atoms with E-state index in [4.69, 9.17) is 51.5 Å². The Morgan fingerprint density at radius 2 is 1.70 bits per heavy atom. The molecular weight excluding hydrogens is 592 g/mol. The highest BCUT2D eigenvalue weighted by molar-refractivity contribution is 6.29. The van der Waals surface area contributed by atoms with E-state index in [0.717, 1.165) is 47.0 Å². The molecule has 0 unspecified atom stereocenters. The second-order valence-electron chi connectivity index (χ2n) is 13.2. The van der Waals surface area contributed by atoms with Gasteiger partial charge in [-0.3, -0.25) is 4.57 Å². The predicted octanol–water partition coefficient (Wildman–Crippen LogP) is 5.75. The third-order valence-corrected chi connectivity index (χ3v) is 7.28. The summed E-state index contributed by atoms with van der Waals surface area (Å²) in [4.78, 5) is 45.6. The van der Waals surface area contributed by atoms with Crippen LogP contribution in [0.3, 0.4) is 0 Å². The van der Waals surface area contributed by atoms with Crippen molar-refractivity contribution >= 4 is 46.8 Å².